The standard InChI is InChI=1S/C11H11N5O/c17-11(10-7-12-3-4-15-10)16-2-1-9-5-13-8-14-6-9/h3-8H,1-2H2,(H,16,17). The van der Waals surface area contributed by atoms with Crippen LogP contribution in [0.2, 0.25) is 0 Å². The molecule has 0 atom stereocenters. The first-order valence-corrected chi connectivity index (χ1v) is 5.14. The molecule has 2 aromatic heterocycles. The van der Waals surface area contributed by atoms with Crippen molar-refractivity contribution < 1.29 is 4.79 Å². The molecule has 0 spiro atoms. The molecule has 0 bridgehead atoms. The van der Waals surface area contributed by atoms with Gasteiger partial charge in [0.25, 0.3) is 5.91 Å². The van der Waals surface area contributed by atoms with E-state index < -0.39 is 0 Å². The van der Waals surface area contributed by atoms with E-state index in [9.17, 15) is 4.79 Å². The minimum atomic E-state index is -0.227. The molecule has 2 aromatic rings. The summed E-state index contributed by atoms with van der Waals surface area (Å²) < 4.78 is 0. The molecule has 1 N–H and O–H groups in total. The van der Waals surface area contributed by atoms with Crippen LogP contribution < -0.4 is 5.32 Å². The molecule has 0 aliphatic heterocycles. The summed E-state index contributed by atoms with van der Waals surface area (Å²) in [5.74, 6) is -0.227. The van der Waals surface area contributed by atoms with Crippen LogP contribution >= 0.6 is 0 Å². The van der Waals surface area contributed by atoms with Crippen molar-refractivity contribution in [2.45, 2.75) is 6.42 Å². The summed E-state index contributed by atoms with van der Waals surface area (Å²) in [7, 11) is 0. The third kappa shape index (κ3) is 3.30. The number of hydrogen-bond donors (Lipinski definition) is 1. The maximum absolute atomic E-state index is 11.6. The van der Waals surface area contributed by atoms with Crippen LogP contribution in [0.1, 0.15) is 16.1 Å². The van der Waals surface area contributed by atoms with Gasteiger partial charge in [0, 0.05) is 31.3 Å². The summed E-state index contributed by atoms with van der Waals surface area (Å²) in [4.78, 5) is 27.1. The summed E-state index contributed by atoms with van der Waals surface area (Å²) in [6.45, 7) is 0.517. The number of carbonyl (C=O) groups is 1. The molecule has 0 aliphatic rings. The van der Waals surface area contributed by atoms with Crippen LogP contribution in [0.4, 0.5) is 0 Å². The monoisotopic (exact) mass is 229 g/mol. The lowest BCUT2D eigenvalue weighted by Crippen LogP contribution is -2.26. The first kappa shape index (κ1) is 11.1. The second-order valence-corrected chi connectivity index (χ2v) is 3.34. The van der Waals surface area contributed by atoms with Crippen LogP contribution in [0.3, 0.4) is 0 Å². The van der Waals surface area contributed by atoms with Crippen LogP contribution in [0.5, 0.6) is 0 Å². The smallest absolute Gasteiger partial charge is 0.271 e. The zero-order valence-electron chi connectivity index (χ0n) is 9.08. The molecule has 0 fully saturated rings. The third-order valence-electron chi connectivity index (χ3n) is 2.11. The Morgan fingerprint density at radius 2 is 1.94 bits per heavy atom. The zero-order valence-corrected chi connectivity index (χ0v) is 9.08. The summed E-state index contributed by atoms with van der Waals surface area (Å²) in [6, 6.07) is 0. The van der Waals surface area contributed by atoms with Gasteiger partial charge in [0.1, 0.15) is 12.0 Å². The average molecular weight is 229 g/mol. The molecule has 6 heteroatoms. The van der Waals surface area contributed by atoms with Gasteiger partial charge in [-0.3, -0.25) is 9.78 Å². The average Bonchev–Trinajstić information content (AvgIpc) is 2.41. The normalized spacial score (nSPS) is 9.88. The van der Waals surface area contributed by atoms with Gasteiger partial charge in [-0.2, -0.15) is 0 Å². The van der Waals surface area contributed by atoms with Gasteiger partial charge in [0.2, 0.25) is 0 Å². The van der Waals surface area contributed by atoms with Crippen LogP contribution in [-0.2, 0) is 6.42 Å². The van der Waals surface area contributed by atoms with E-state index in [0.717, 1.165) is 5.56 Å². The molecule has 0 aromatic carbocycles. The molecule has 2 rings (SSSR count). The highest BCUT2D eigenvalue weighted by atomic mass is 16.1. The second-order valence-electron chi connectivity index (χ2n) is 3.34. The van der Waals surface area contributed by atoms with E-state index in [-0.39, 0.29) is 5.91 Å². The molecular formula is C11H11N5O. The summed E-state index contributed by atoms with van der Waals surface area (Å²) in [5.41, 5.74) is 1.30. The van der Waals surface area contributed by atoms with Crippen molar-refractivity contribution in [3.05, 3.63) is 48.6 Å². The fourth-order valence-corrected chi connectivity index (χ4v) is 1.29. The minimum absolute atomic E-state index is 0.227. The topological polar surface area (TPSA) is 80.7 Å². The Bertz CT molecular complexity index is 474. The molecule has 86 valence electrons. The number of hydrogen-bond acceptors (Lipinski definition) is 5. The van der Waals surface area contributed by atoms with Crippen molar-refractivity contribution in [3.63, 3.8) is 0 Å². The molecule has 6 nitrogen and oxygen atoms in total. The summed E-state index contributed by atoms with van der Waals surface area (Å²) in [6.07, 6.45) is 10.1. The van der Waals surface area contributed by atoms with E-state index in [1.807, 2.05) is 0 Å². The largest absolute Gasteiger partial charge is 0.350 e. The Morgan fingerprint density at radius 1 is 1.12 bits per heavy atom. The Balaban J connectivity index is 1.82. The van der Waals surface area contributed by atoms with Crippen LogP contribution in [0, 0.1) is 0 Å². The van der Waals surface area contributed by atoms with Crippen LogP contribution in [0.25, 0.3) is 0 Å². The number of aromatic nitrogens is 4. The quantitative estimate of drug-likeness (QED) is 0.812. The predicted molar refractivity (Wildman–Crippen MR) is 60.1 cm³/mol. The fraction of sp³-hybridized carbons (Fsp3) is 0.182. The third-order valence-corrected chi connectivity index (χ3v) is 2.11. The number of carbonyl (C=O) groups excluding carboxylic acids is 1. The molecule has 0 unspecified atom stereocenters. The highest BCUT2D eigenvalue weighted by Crippen LogP contribution is 1.94. The van der Waals surface area contributed by atoms with E-state index in [1.165, 1.54) is 24.9 Å². The lowest BCUT2D eigenvalue weighted by molar-refractivity contribution is 0.0948. The van der Waals surface area contributed by atoms with E-state index in [2.05, 4.69) is 25.3 Å². The van der Waals surface area contributed by atoms with Gasteiger partial charge in [0.15, 0.2) is 0 Å². The molecule has 1 amide bonds. The maximum Gasteiger partial charge on any atom is 0.271 e. The van der Waals surface area contributed by atoms with Gasteiger partial charge in [-0.15, -0.1) is 0 Å². The van der Waals surface area contributed by atoms with E-state index in [0.29, 0.717) is 18.7 Å². The zero-order chi connectivity index (χ0) is 11.9. The van der Waals surface area contributed by atoms with Gasteiger partial charge in [0.05, 0.1) is 6.20 Å². The van der Waals surface area contributed by atoms with Crippen LogP contribution in [-0.4, -0.2) is 32.4 Å². The molecule has 0 saturated carbocycles. The summed E-state index contributed by atoms with van der Waals surface area (Å²) >= 11 is 0. The first-order chi connectivity index (χ1) is 8.36. The van der Waals surface area contributed by atoms with Gasteiger partial charge >= 0.3 is 0 Å². The van der Waals surface area contributed by atoms with Gasteiger partial charge in [-0.05, 0) is 12.0 Å². The van der Waals surface area contributed by atoms with Crippen LogP contribution in [0.15, 0.2) is 37.3 Å². The second kappa shape index (κ2) is 5.64. The van der Waals surface area contributed by atoms with E-state index in [4.69, 9.17) is 0 Å². The highest BCUT2D eigenvalue weighted by molar-refractivity contribution is 5.91. The molecular weight excluding hydrogens is 218 g/mol. The number of nitrogens with zero attached hydrogens (tertiary/aromatic N) is 4. The molecule has 0 radical (unpaired) electrons. The Morgan fingerprint density at radius 3 is 2.65 bits per heavy atom. The first-order valence-electron chi connectivity index (χ1n) is 5.14. The van der Waals surface area contributed by atoms with E-state index in [1.54, 1.807) is 12.4 Å². The fourth-order valence-electron chi connectivity index (χ4n) is 1.29. The predicted octanol–water partition coefficient (Wildman–Crippen LogP) is 0.239. The van der Waals surface area contributed by atoms with Crippen molar-refractivity contribution in [1.29, 1.82) is 0 Å². The molecule has 17 heavy (non-hydrogen) atoms. The molecule has 0 aliphatic carbocycles. The van der Waals surface area contributed by atoms with Crippen molar-refractivity contribution in [3.8, 4) is 0 Å². The van der Waals surface area contributed by atoms with Gasteiger partial charge in [-0.1, -0.05) is 0 Å². The Hall–Kier alpha value is -2.37. The molecule has 2 heterocycles. The SMILES string of the molecule is O=C(NCCc1cncnc1)c1cnccn1. The number of rotatable bonds is 4. The maximum atomic E-state index is 11.6. The van der Waals surface area contributed by atoms with Crippen molar-refractivity contribution in [2.24, 2.45) is 0 Å². The van der Waals surface area contributed by atoms with Gasteiger partial charge in [-0.25, -0.2) is 15.0 Å². The molecule has 0 saturated heterocycles. The minimum Gasteiger partial charge on any atom is -0.350 e. The number of amides is 1. The highest BCUT2D eigenvalue weighted by Gasteiger charge is 2.05. The van der Waals surface area contributed by atoms with Crippen molar-refractivity contribution in [2.75, 3.05) is 6.54 Å². The van der Waals surface area contributed by atoms with Crippen molar-refractivity contribution >= 4 is 5.91 Å². The Kier molecular flexibility index (Phi) is 3.69. The lowest BCUT2D eigenvalue weighted by atomic mass is 10.2. The van der Waals surface area contributed by atoms with Crippen molar-refractivity contribution in [1.82, 2.24) is 25.3 Å². The number of nitrogens with one attached hydrogen (secondary N) is 1. The van der Waals surface area contributed by atoms with E-state index >= 15 is 0 Å². The Labute approximate surface area is 98.2 Å². The van der Waals surface area contributed by atoms with Gasteiger partial charge < -0.3 is 5.32 Å². The lowest BCUT2D eigenvalue weighted by Gasteiger charge is -2.03. The summed E-state index contributed by atoms with van der Waals surface area (Å²) in [5, 5.41) is 2.75.